The number of amides is 1. The lowest BCUT2D eigenvalue weighted by Gasteiger charge is -2.23. The lowest BCUT2D eigenvalue weighted by atomic mass is 10.2. The number of fused-ring (bicyclic) bond motifs is 1. The molecule has 0 aliphatic carbocycles. The Morgan fingerprint density at radius 2 is 2.15 bits per heavy atom. The third-order valence-corrected chi connectivity index (χ3v) is 5.03. The van der Waals surface area contributed by atoms with Gasteiger partial charge in [-0.05, 0) is 44.4 Å². The molecular formula is C20H29N5O2. The van der Waals surface area contributed by atoms with Crippen LogP contribution in [0.4, 0.5) is 5.69 Å². The molecule has 7 heteroatoms. The molecule has 0 spiro atoms. The summed E-state index contributed by atoms with van der Waals surface area (Å²) in [5.41, 5.74) is 2.20. The van der Waals surface area contributed by atoms with Crippen molar-refractivity contribution in [1.82, 2.24) is 19.7 Å². The van der Waals surface area contributed by atoms with Gasteiger partial charge in [-0.1, -0.05) is 18.6 Å². The van der Waals surface area contributed by atoms with Crippen molar-refractivity contribution in [2.75, 3.05) is 24.5 Å². The van der Waals surface area contributed by atoms with Gasteiger partial charge >= 0.3 is 5.69 Å². The summed E-state index contributed by atoms with van der Waals surface area (Å²) in [5.74, 6) is 0.632. The Morgan fingerprint density at radius 1 is 1.30 bits per heavy atom. The fourth-order valence-electron chi connectivity index (χ4n) is 3.54. The second-order valence-corrected chi connectivity index (χ2v) is 7.09. The highest BCUT2D eigenvalue weighted by Crippen LogP contribution is 2.15. The van der Waals surface area contributed by atoms with Crippen LogP contribution < -0.4 is 15.9 Å². The van der Waals surface area contributed by atoms with Crippen molar-refractivity contribution in [3.8, 4) is 0 Å². The minimum absolute atomic E-state index is 0.0184. The van der Waals surface area contributed by atoms with Crippen LogP contribution in [-0.2, 0) is 24.3 Å². The topological polar surface area (TPSA) is 72.2 Å². The van der Waals surface area contributed by atoms with E-state index in [1.54, 1.807) is 4.57 Å². The Morgan fingerprint density at radius 3 is 2.93 bits per heavy atom. The van der Waals surface area contributed by atoms with Gasteiger partial charge in [-0.3, -0.25) is 9.36 Å². The highest BCUT2D eigenvalue weighted by atomic mass is 16.2. The molecule has 2 heterocycles. The second-order valence-electron chi connectivity index (χ2n) is 7.09. The van der Waals surface area contributed by atoms with E-state index in [4.69, 9.17) is 0 Å². The Bertz CT molecular complexity index is 839. The minimum atomic E-state index is -0.175. The van der Waals surface area contributed by atoms with Gasteiger partial charge in [0, 0.05) is 38.3 Å². The zero-order valence-corrected chi connectivity index (χ0v) is 16.3. The van der Waals surface area contributed by atoms with Gasteiger partial charge in [0.2, 0.25) is 5.91 Å². The van der Waals surface area contributed by atoms with E-state index in [0.717, 1.165) is 50.3 Å². The number of rotatable bonds is 7. The predicted molar refractivity (Wildman–Crippen MR) is 106 cm³/mol. The first kappa shape index (κ1) is 19.2. The normalized spacial score (nSPS) is 13.7. The number of benzene rings is 1. The molecule has 27 heavy (non-hydrogen) atoms. The zero-order valence-electron chi connectivity index (χ0n) is 16.3. The monoisotopic (exact) mass is 371 g/mol. The van der Waals surface area contributed by atoms with Crippen LogP contribution in [0.25, 0.3) is 0 Å². The molecule has 0 radical (unpaired) electrons. The van der Waals surface area contributed by atoms with Gasteiger partial charge in [-0.2, -0.15) is 5.10 Å². The summed E-state index contributed by atoms with van der Waals surface area (Å²) in [6, 6.07) is 8.34. The van der Waals surface area contributed by atoms with Crippen molar-refractivity contribution in [2.45, 2.75) is 52.6 Å². The molecule has 0 saturated heterocycles. The summed E-state index contributed by atoms with van der Waals surface area (Å²) in [6.07, 6.45) is 3.98. The number of hydrogen-bond donors (Lipinski definition) is 1. The number of carbonyl (C=O) groups excluding carboxylic acids is 1. The average Bonchev–Trinajstić information content (AvgIpc) is 2.82. The maximum absolute atomic E-state index is 12.4. The van der Waals surface area contributed by atoms with Crippen molar-refractivity contribution in [3.05, 3.63) is 46.1 Å². The van der Waals surface area contributed by atoms with Crippen molar-refractivity contribution < 1.29 is 4.79 Å². The standard InChI is InChI=1S/C20H29N5O2/c1-3-23(17-9-7-8-16(2)14-17)13-11-21-19(26)15-25-20(27)24-12-6-4-5-10-18(24)22-25/h7-9,14H,3-6,10-13,15H2,1-2H3,(H,21,26). The average molecular weight is 371 g/mol. The predicted octanol–water partition coefficient (Wildman–Crippen LogP) is 1.72. The van der Waals surface area contributed by atoms with Crippen LogP contribution in [0.5, 0.6) is 0 Å². The Balaban J connectivity index is 1.53. The van der Waals surface area contributed by atoms with Crippen molar-refractivity contribution in [1.29, 1.82) is 0 Å². The Kier molecular flexibility index (Phi) is 6.32. The maximum atomic E-state index is 12.4. The summed E-state index contributed by atoms with van der Waals surface area (Å²) in [6.45, 7) is 6.98. The van der Waals surface area contributed by atoms with E-state index >= 15 is 0 Å². The zero-order chi connectivity index (χ0) is 19.2. The minimum Gasteiger partial charge on any atom is -0.370 e. The molecule has 0 atom stereocenters. The van der Waals surface area contributed by atoms with Crippen LogP contribution in [0.3, 0.4) is 0 Å². The molecule has 1 N–H and O–H groups in total. The Labute approximate surface area is 160 Å². The first-order valence-corrected chi connectivity index (χ1v) is 9.83. The molecular weight excluding hydrogens is 342 g/mol. The van der Waals surface area contributed by atoms with Gasteiger partial charge in [0.15, 0.2) is 0 Å². The van der Waals surface area contributed by atoms with Crippen LogP contribution >= 0.6 is 0 Å². The number of anilines is 1. The molecule has 1 aromatic heterocycles. The van der Waals surface area contributed by atoms with Gasteiger partial charge in [0.25, 0.3) is 0 Å². The Hall–Kier alpha value is -2.57. The van der Waals surface area contributed by atoms with Crippen LogP contribution in [0.15, 0.2) is 29.1 Å². The fourth-order valence-corrected chi connectivity index (χ4v) is 3.54. The van der Waals surface area contributed by atoms with E-state index in [1.165, 1.54) is 10.2 Å². The van der Waals surface area contributed by atoms with E-state index < -0.39 is 0 Å². The van der Waals surface area contributed by atoms with Crippen LogP contribution in [0.2, 0.25) is 0 Å². The number of aryl methyl sites for hydroxylation is 2. The summed E-state index contributed by atoms with van der Waals surface area (Å²) in [4.78, 5) is 26.9. The van der Waals surface area contributed by atoms with E-state index in [-0.39, 0.29) is 18.1 Å². The molecule has 7 nitrogen and oxygen atoms in total. The third-order valence-electron chi connectivity index (χ3n) is 5.03. The van der Waals surface area contributed by atoms with E-state index in [1.807, 2.05) is 6.07 Å². The maximum Gasteiger partial charge on any atom is 0.346 e. The molecule has 1 aliphatic heterocycles. The second kappa shape index (κ2) is 8.88. The molecule has 1 aromatic carbocycles. The molecule has 0 fully saturated rings. The molecule has 1 aliphatic rings. The third kappa shape index (κ3) is 4.78. The fraction of sp³-hybridized carbons (Fsp3) is 0.550. The van der Waals surface area contributed by atoms with Crippen molar-refractivity contribution in [2.24, 2.45) is 0 Å². The van der Waals surface area contributed by atoms with Gasteiger partial charge in [-0.15, -0.1) is 0 Å². The molecule has 0 unspecified atom stereocenters. The summed E-state index contributed by atoms with van der Waals surface area (Å²) < 4.78 is 3.02. The number of hydrogen-bond acceptors (Lipinski definition) is 4. The smallest absolute Gasteiger partial charge is 0.346 e. The molecule has 0 saturated carbocycles. The molecule has 2 aromatic rings. The number of aromatic nitrogens is 3. The largest absolute Gasteiger partial charge is 0.370 e. The van der Waals surface area contributed by atoms with E-state index in [0.29, 0.717) is 13.1 Å². The van der Waals surface area contributed by atoms with Gasteiger partial charge in [0.1, 0.15) is 12.4 Å². The summed E-state index contributed by atoms with van der Waals surface area (Å²) in [7, 11) is 0. The van der Waals surface area contributed by atoms with Crippen LogP contribution in [0, 0.1) is 6.92 Å². The number of carbonyl (C=O) groups is 1. The van der Waals surface area contributed by atoms with E-state index in [9.17, 15) is 9.59 Å². The lowest BCUT2D eigenvalue weighted by Crippen LogP contribution is -2.38. The SMILES string of the molecule is CCN(CCNC(=O)Cn1nc2n(c1=O)CCCCC2)c1cccc(C)c1. The molecule has 0 bridgehead atoms. The quantitative estimate of drug-likeness (QED) is 0.804. The van der Waals surface area contributed by atoms with Crippen LogP contribution in [0.1, 0.15) is 37.6 Å². The number of nitrogens with one attached hydrogen (secondary N) is 1. The van der Waals surface area contributed by atoms with Gasteiger partial charge < -0.3 is 10.2 Å². The van der Waals surface area contributed by atoms with Gasteiger partial charge in [0.05, 0.1) is 0 Å². The number of likely N-dealkylation sites (N-methyl/N-ethyl adjacent to an activating group) is 1. The van der Waals surface area contributed by atoms with Crippen molar-refractivity contribution in [3.63, 3.8) is 0 Å². The van der Waals surface area contributed by atoms with Crippen LogP contribution in [-0.4, -0.2) is 39.9 Å². The highest BCUT2D eigenvalue weighted by Gasteiger charge is 2.17. The first-order valence-electron chi connectivity index (χ1n) is 9.83. The molecule has 1 amide bonds. The highest BCUT2D eigenvalue weighted by molar-refractivity contribution is 5.75. The molecule has 146 valence electrons. The first-order chi connectivity index (χ1) is 13.1. The molecule has 3 rings (SSSR count). The van der Waals surface area contributed by atoms with Crippen molar-refractivity contribution >= 4 is 11.6 Å². The van der Waals surface area contributed by atoms with E-state index in [2.05, 4.69) is 47.4 Å². The summed E-state index contributed by atoms with van der Waals surface area (Å²) >= 11 is 0. The number of nitrogens with zero attached hydrogens (tertiary/aromatic N) is 4. The lowest BCUT2D eigenvalue weighted by molar-refractivity contribution is -0.121. The summed E-state index contributed by atoms with van der Waals surface area (Å²) in [5, 5.41) is 7.27. The van der Waals surface area contributed by atoms with Gasteiger partial charge in [-0.25, -0.2) is 9.48 Å².